The van der Waals surface area contributed by atoms with Crippen LogP contribution >= 0.6 is 0 Å². The van der Waals surface area contributed by atoms with Gasteiger partial charge in [-0.1, -0.05) is 18.2 Å². The molecule has 1 aliphatic rings. The van der Waals surface area contributed by atoms with Crippen LogP contribution in [0.3, 0.4) is 0 Å². The molecule has 2 aromatic carbocycles. The number of nitrogens with one attached hydrogen (secondary N) is 2. The Labute approximate surface area is 163 Å². The van der Waals surface area contributed by atoms with E-state index >= 15 is 0 Å². The number of nitrogens with zero attached hydrogens (tertiary/aromatic N) is 1. The zero-order chi connectivity index (χ0) is 20.1. The molecule has 0 radical (unpaired) electrons. The van der Waals surface area contributed by atoms with Crippen LogP contribution in [0, 0.1) is 5.82 Å². The molecule has 146 valence electrons. The lowest BCUT2D eigenvalue weighted by Crippen LogP contribution is -2.88. The second-order valence-electron chi connectivity index (χ2n) is 7.10. The molecule has 8 heteroatoms. The van der Waals surface area contributed by atoms with Crippen molar-refractivity contribution in [3.8, 4) is 11.6 Å². The Bertz CT molecular complexity index is 1350. The number of hydrogen-bond acceptors (Lipinski definition) is 3. The van der Waals surface area contributed by atoms with Crippen LogP contribution in [-0.2, 0) is 6.42 Å². The molecule has 0 fully saturated rings. The lowest BCUT2D eigenvalue weighted by Gasteiger charge is -2.26. The van der Waals surface area contributed by atoms with Crippen molar-refractivity contribution < 1.29 is 14.8 Å². The van der Waals surface area contributed by atoms with Gasteiger partial charge in [-0.2, -0.15) is 0 Å². The highest BCUT2D eigenvalue weighted by atomic mass is 19.1. The average molecular weight is 392 g/mol. The van der Waals surface area contributed by atoms with Gasteiger partial charge in [-0.25, -0.2) is 9.18 Å². The van der Waals surface area contributed by atoms with Crippen LogP contribution in [0.25, 0.3) is 16.6 Å². The molecule has 1 atom stereocenters. The number of fused-ring (bicyclic) bond motifs is 3. The largest absolute Gasteiger partial charge is 0.859 e. The summed E-state index contributed by atoms with van der Waals surface area (Å²) >= 11 is 0. The molecular formula is C21H17FN4O3. The van der Waals surface area contributed by atoms with Gasteiger partial charge in [0.25, 0.3) is 5.56 Å². The van der Waals surface area contributed by atoms with Gasteiger partial charge in [-0.3, -0.25) is 14.3 Å². The SMILES string of the molecule is O=c1[nH]c(=O)n(-c2ccc(F)cc2)c([O-])c1[C@H]1[NH2+]CCc2c1[nH]c1ccccc21. The number of halogens is 1. The first-order valence-corrected chi connectivity index (χ1v) is 9.29. The monoisotopic (exact) mass is 392 g/mol. The normalized spacial score (nSPS) is 16.1. The highest BCUT2D eigenvalue weighted by Gasteiger charge is 2.32. The molecule has 29 heavy (non-hydrogen) atoms. The van der Waals surface area contributed by atoms with Crippen molar-refractivity contribution in [3.05, 3.63) is 92.0 Å². The molecule has 7 nitrogen and oxygen atoms in total. The maximum absolute atomic E-state index is 13.3. The Kier molecular flexibility index (Phi) is 3.88. The number of H-pyrrole nitrogens is 2. The van der Waals surface area contributed by atoms with Gasteiger partial charge in [0, 0.05) is 23.0 Å². The molecule has 0 unspecified atom stereocenters. The summed E-state index contributed by atoms with van der Waals surface area (Å²) in [5.41, 5.74) is 1.44. The standard InChI is InChI=1S/C21H17FN4O3/c22-11-5-7-12(8-6-11)26-20(28)16(19(27)25-21(26)29)18-17-14(9-10-23-18)13-3-1-2-4-15(13)24-17/h1-8,18,23-24,28H,9-10H2,(H,25,27,29)/t18-/m1/s1. The molecule has 0 bridgehead atoms. The first-order valence-electron chi connectivity index (χ1n) is 9.29. The molecule has 0 saturated carbocycles. The highest BCUT2D eigenvalue weighted by molar-refractivity contribution is 5.85. The van der Waals surface area contributed by atoms with Gasteiger partial charge in [-0.15, -0.1) is 0 Å². The van der Waals surface area contributed by atoms with E-state index in [4.69, 9.17) is 0 Å². The summed E-state index contributed by atoms with van der Waals surface area (Å²) in [6.07, 6.45) is 0.805. The molecule has 0 spiro atoms. The number of rotatable bonds is 2. The minimum atomic E-state index is -0.844. The number of para-hydroxylation sites is 1. The number of aromatic nitrogens is 3. The molecule has 4 N–H and O–H groups in total. The van der Waals surface area contributed by atoms with E-state index in [-0.39, 0.29) is 11.3 Å². The van der Waals surface area contributed by atoms with Crippen molar-refractivity contribution in [2.75, 3.05) is 6.54 Å². The van der Waals surface area contributed by atoms with Crippen LogP contribution < -0.4 is 21.7 Å². The van der Waals surface area contributed by atoms with E-state index in [0.717, 1.165) is 45.3 Å². The fraction of sp³-hybridized carbons (Fsp3) is 0.143. The Morgan fingerprint density at radius 2 is 1.83 bits per heavy atom. The van der Waals surface area contributed by atoms with E-state index in [9.17, 15) is 19.1 Å². The van der Waals surface area contributed by atoms with Crippen LogP contribution in [-0.4, -0.2) is 21.1 Å². The minimum absolute atomic E-state index is 0.0265. The minimum Gasteiger partial charge on any atom is -0.859 e. The number of quaternary nitrogens is 1. The summed E-state index contributed by atoms with van der Waals surface area (Å²) in [5.74, 6) is -1.18. The maximum Gasteiger partial charge on any atom is 0.332 e. The van der Waals surface area contributed by atoms with Crippen molar-refractivity contribution in [2.24, 2.45) is 0 Å². The van der Waals surface area contributed by atoms with Gasteiger partial charge in [0.2, 0.25) is 0 Å². The van der Waals surface area contributed by atoms with Crippen molar-refractivity contribution in [1.82, 2.24) is 14.5 Å². The smallest absolute Gasteiger partial charge is 0.332 e. The second kappa shape index (κ2) is 6.46. The van der Waals surface area contributed by atoms with E-state index in [1.54, 1.807) is 0 Å². The highest BCUT2D eigenvalue weighted by Crippen LogP contribution is 2.31. The van der Waals surface area contributed by atoms with Crippen LogP contribution in [0.1, 0.15) is 22.9 Å². The summed E-state index contributed by atoms with van der Waals surface area (Å²) < 4.78 is 14.1. The maximum atomic E-state index is 13.3. The van der Waals surface area contributed by atoms with Gasteiger partial charge in [0.1, 0.15) is 5.82 Å². The fourth-order valence-electron chi connectivity index (χ4n) is 4.16. The number of benzene rings is 2. The lowest BCUT2D eigenvalue weighted by atomic mass is 9.95. The molecule has 5 rings (SSSR count). The number of aromatic amines is 2. The van der Waals surface area contributed by atoms with Crippen molar-refractivity contribution in [3.63, 3.8) is 0 Å². The third kappa shape index (κ3) is 2.68. The predicted octanol–water partition coefficient (Wildman–Crippen LogP) is 0.429. The van der Waals surface area contributed by atoms with Gasteiger partial charge < -0.3 is 15.4 Å². The van der Waals surface area contributed by atoms with Crippen LogP contribution in [0.2, 0.25) is 0 Å². The van der Waals surface area contributed by atoms with Gasteiger partial charge in [-0.05, 0) is 41.8 Å². The molecule has 1 aliphatic heterocycles. The molecule has 3 heterocycles. The molecule has 2 aromatic heterocycles. The zero-order valence-corrected chi connectivity index (χ0v) is 15.2. The summed E-state index contributed by atoms with van der Waals surface area (Å²) in [6, 6.07) is 12.3. The summed E-state index contributed by atoms with van der Waals surface area (Å²) in [7, 11) is 0. The van der Waals surface area contributed by atoms with E-state index in [1.807, 2.05) is 29.6 Å². The predicted molar refractivity (Wildman–Crippen MR) is 103 cm³/mol. The van der Waals surface area contributed by atoms with Gasteiger partial charge in [0.05, 0.1) is 17.8 Å². The van der Waals surface area contributed by atoms with Crippen molar-refractivity contribution in [1.29, 1.82) is 0 Å². The third-order valence-corrected chi connectivity index (χ3v) is 5.45. The van der Waals surface area contributed by atoms with E-state index in [1.165, 1.54) is 12.1 Å². The third-order valence-electron chi connectivity index (χ3n) is 5.45. The van der Waals surface area contributed by atoms with Crippen LogP contribution in [0.4, 0.5) is 4.39 Å². The summed E-state index contributed by atoms with van der Waals surface area (Å²) in [6.45, 7) is 0.702. The molecule has 4 aromatic rings. The first kappa shape index (κ1) is 17.4. The molecule has 0 saturated heterocycles. The summed E-state index contributed by atoms with van der Waals surface area (Å²) in [5, 5.41) is 16.2. The summed E-state index contributed by atoms with van der Waals surface area (Å²) in [4.78, 5) is 30.6. The average Bonchev–Trinajstić information content (AvgIpc) is 3.09. The molecule has 0 amide bonds. The van der Waals surface area contributed by atoms with E-state index in [2.05, 4.69) is 9.97 Å². The van der Waals surface area contributed by atoms with Crippen LogP contribution in [0.15, 0.2) is 58.1 Å². The first-order chi connectivity index (χ1) is 14.0. The Morgan fingerprint density at radius 1 is 1.07 bits per heavy atom. The van der Waals surface area contributed by atoms with Crippen molar-refractivity contribution >= 4 is 10.9 Å². The van der Waals surface area contributed by atoms with Crippen molar-refractivity contribution in [2.45, 2.75) is 12.5 Å². The molecular weight excluding hydrogens is 375 g/mol. The number of hydrogen-bond donors (Lipinski definition) is 3. The van der Waals surface area contributed by atoms with Gasteiger partial charge >= 0.3 is 5.69 Å². The topological polar surface area (TPSA) is 110 Å². The van der Waals surface area contributed by atoms with E-state index in [0.29, 0.717) is 6.54 Å². The Balaban J connectivity index is 1.74. The van der Waals surface area contributed by atoms with Gasteiger partial charge in [0.15, 0.2) is 6.04 Å². The fourth-order valence-corrected chi connectivity index (χ4v) is 4.16. The Hall–Kier alpha value is -3.65. The zero-order valence-electron chi connectivity index (χ0n) is 15.2. The number of nitrogens with two attached hydrogens (primary N) is 1. The van der Waals surface area contributed by atoms with E-state index < -0.39 is 29.0 Å². The Morgan fingerprint density at radius 3 is 2.62 bits per heavy atom. The van der Waals surface area contributed by atoms with Crippen LogP contribution in [0.5, 0.6) is 5.88 Å². The second-order valence-corrected chi connectivity index (χ2v) is 7.10. The lowest BCUT2D eigenvalue weighted by molar-refractivity contribution is -0.691. The quantitative estimate of drug-likeness (QED) is 0.460. The molecule has 0 aliphatic carbocycles.